The molecule has 0 fully saturated rings. The molecule has 0 radical (unpaired) electrons. The number of rotatable bonds is 3. The Hall–Kier alpha value is -0.890. The lowest BCUT2D eigenvalue weighted by Crippen LogP contribution is -2.10. The third kappa shape index (κ3) is 2.32. The van der Waals surface area contributed by atoms with E-state index >= 15 is 0 Å². The molecule has 2 N–H and O–H groups in total. The predicted octanol–water partition coefficient (Wildman–Crippen LogP) is 3.09. The summed E-state index contributed by atoms with van der Waals surface area (Å²) >= 11 is 0. The molecule has 78 valence electrons. The Kier molecular flexibility index (Phi) is 3.64. The van der Waals surface area contributed by atoms with Crippen LogP contribution in [0.5, 0.6) is 0 Å². The first kappa shape index (κ1) is 11.2. The first-order valence-corrected chi connectivity index (χ1v) is 5.00. The maximum absolute atomic E-state index is 13.1. The second-order valence-corrected chi connectivity index (χ2v) is 3.87. The summed E-state index contributed by atoms with van der Waals surface area (Å²) in [5.74, 6) is 0.300. The molecule has 14 heavy (non-hydrogen) atoms. The van der Waals surface area contributed by atoms with E-state index in [0.717, 1.165) is 11.1 Å². The van der Waals surface area contributed by atoms with Gasteiger partial charge in [0.1, 0.15) is 6.17 Å². The third-order valence-corrected chi connectivity index (χ3v) is 2.65. The zero-order valence-electron chi connectivity index (χ0n) is 9.05. The number of hydrogen-bond acceptors (Lipinski definition) is 1. The van der Waals surface area contributed by atoms with Crippen molar-refractivity contribution in [2.24, 2.45) is 5.73 Å². The van der Waals surface area contributed by atoms with Gasteiger partial charge in [-0.3, -0.25) is 0 Å². The minimum absolute atomic E-state index is 0.300. The van der Waals surface area contributed by atoms with E-state index < -0.39 is 6.17 Å². The number of alkyl halides is 1. The van der Waals surface area contributed by atoms with Crippen molar-refractivity contribution in [2.45, 2.75) is 32.9 Å². The second kappa shape index (κ2) is 4.56. The topological polar surface area (TPSA) is 26.0 Å². The van der Waals surface area contributed by atoms with Crippen LogP contribution in [0.3, 0.4) is 0 Å². The molecule has 0 amide bonds. The van der Waals surface area contributed by atoms with Crippen molar-refractivity contribution < 1.29 is 4.39 Å². The molecule has 0 aliphatic rings. The maximum Gasteiger partial charge on any atom is 0.122 e. The molecule has 0 saturated carbocycles. The van der Waals surface area contributed by atoms with Crippen LogP contribution >= 0.6 is 0 Å². The highest BCUT2D eigenvalue weighted by atomic mass is 19.1. The highest BCUT2D eigenvalue weighted by Crippen LogP contribution is 2.24. The Bertz CT molecular complexity index is 307. The number of halogens is 1. The van der Waals surface area contributed by atoms with Gasteiger partial charge in [0.2, 0.25) is 0 Å². The summed E-state index contributed by atoms with van der Waals surface area (Å²) < 4.78 is 13.1. The fraction of sp³-hybridized carbons (Fsp3) is 0.500. The Morgan fingerprint density at radius 2 is 2.00 bits per heavy atom. The van der Waals surface area contributed by atoms with Crippen LogP contribution < -0.4 is 5.73 Å². The van der Waals surface area contributed by atoms with Crippen LogP contribution in [0, 0.1) is 6.92 Å². The van der Waals surface area contributed by atoms with Crippen molar-refractivity contribution in [2.75, 3.05) is 6.54 Å². The van der Waals surface area contributed by atoms with Gasteiger partial charge < -0.3 is 5.73 Å². The van der Waals surface area contributed by atoms with E-state index in [-0.39, 0.29) is 0 Å². The molecule has 2 atom stereocenters. The van der Waals surface area contributed by atoms with Gasteiger partial charge in [-0.05, 0) is 43.0 Å². The van der Waals surface area contributed by atoms with Gasteiger partial charge in [-0.25, -0.2) is 4.39 Å². The first-order chi connectivity index (χ1) is 6.56. The molecular formula is C12H18FN. The van der Waals surface area contributed by atoms with Gasteiger partial charge >= 0.3 is 0 Å². The zero-order valence-corrected chi connectivity index (χ0v) is 9.05. The monoisotopic (exact) mass is 195 g/mol. The van der Waals surface area contributed by atoms with Crippen molar-refractivity contribution in [3.8, 4) is 0 Å². The van der Waals surface area contributed by atoms with Crippen molar-refractivity contribution in [3.63, 3.8) is 0 Å². The van der Waals surface area contributed by atoms with Gasteiger partial charge in [-0.1, -0.05) is 25.1 Å². The van der Waals surface area contributed by atoms with Gasteiger partial charge in [0.05, 0.1) is 0 Å². The molecule has 0 bridgehead atoms. The summed E-state index contributed by atoms with van der Waals surface area (Å²) in [6.07, 6.45) is -0.903. The molecule has 0 saturated heterocycles. The normalized spacial score (nSPS) is 15.2. The van der Waals surface area contributed by atoms with Crippen molar-refractivity contribution in [3.05, 3.63) is 34.9 Å². The number of aryl methyl sites for hydroxylation is 1. The average Bonchev–Trinajstić information content (AvgIpc) is 2.17. The standard InChI is InChI=1S/C12H18FN/c1-8-4-5-11(10(3)13)6-12(8)9(2)7-14/h4-6,9-10H,7,14H2,1-3H3. The van der Waals surface area contributed by atoms with Crippen molar-refractivity contribution in [1.82, 2.24) is 0 Å². The molecule has 2 heteroatoms. The van der Waals surface area contributed by atoms with E-state index in [0.29, 0.717) is 12.5 Å². The Morgan fingerprint density at radius 1 is 1.36 bits per heavy atom. The Labute approximate surface area is 85.1 Å². The number of nitrogens with two attached hydrogens (primary N) is 1. The molecule has 0 aromatic heterocycles. The van der Waals surface area contributed by atoms with Crippen molar-refractivity contribution >= 4 is 0 Å². The lowest BCUT2D eigenvalue weighted by atomic mass is 9.93. The molecule has 1 rings (SSSR count). The molecule has 0 heterocycles. The van der Waals surface area contributed by atoms with E-state index in [4.69, 9.17) is 5.73 Å². The van der Waals surface area contributed by atoms with Crippen LogP contribution in [0.15, 0.2) is 18.2 Å². The first-order valence-electron chi connectivity index (χ1n) is 5.00. The van der Waals surface area contributed by atoms with Crippen LogP contribution in [0.25, 0.3) is 0 Å². The molecule has 1 aromatic carbocycles. The predicted molar refractivity (Wildman–Crippen MR) is 58.2 cm³/mol. The lowest BCUT2D eigenvalue weighted by molar-refractivity contribution is 0.374. The summed E-state index contributed by atoms with van der Waals surface area (Å²) in [4.78, 5) is 0. The summed E-state index contributed by atoms with van der Waals surface area (Å²) in [6.45, 7) is 6.26. The number of hydrogen-bond donors (Lipinski definition) is 1. The Balaban J connectivity index is 3.08. The molecule has 0 aliphatic carbocycles. The second-order valence-electron chi connectivity index (χ2n) is 3.87. The summed E-state index contributed by atoms with van der Waals surface area (Å²) in [6, 6.07) is 5.73. The average molecular weight is 195 g/mol. The lowest BCUT2D eigenvalue weighted by Gasteiger charge is -2.14. The van der Waals surface area contributed by atoms with Gasteiger partial charge in [0.15, 0.2) is 0 Å². The zero-order chi connectivity index (χ0) is 10.7. The molecule has 0 spiro atoms. The van der Waals surface area contributed by atoms with E-state index in [1.165, 1.54) is 5.56 Å². The fourth-order valence-corrected chi connectivity index (χ4v) is 1.56. The molecular weight excluding hydrogens is 177 g/mol. The molecule has 2 unspecified atom stereocenters. The Morgan fingerprint density at radius 3 is 2.50 bits per heavy atom. The van der Waals surface area contributed by atoms with E-state index in [1.807, 2.05) is 25.1 Å². The minimum Gasteiger partial charge on any atom is -0.330 e. The summed E-state index contributed by atoms with van der Waals surface area (Å²) in [5.41, 5.74) is 8.70. The van der Waals surface area contributed by atoms with Gasteiger partial charge in [0, 0.05) is 0 Å². The van der Waals surface area contributed by atoms with Crippen LogP contribution in [0.4, 0.5) is 4.39 Å². The van der Waals surface area contributed by atoms with E-state index in [2.05, 4.69) is 6.92 Å². The highest BCUT2D eigenvalue weighted by molar-refractivity contribution is 5.34. The molecule has 1 aromatic rings. The van der Waals surface area contributed by atoms with Gasteiger partial charge in [-0.15, -0.1) is 0 Å². The smallest absolute Gasteiger partial charge is 0.122 e. The third-order valence-electron chi connectivity index (χ3n) is 2.65. The van der Waals surface area contributed by atoms with E-state index in [1.54, 1.807) is 6.92 Å². The van der Waals surface area contributed by atoms with Crippen molar-refractivity contribution in [1.29, 1.82) is 0 Å². The van der Waals surface area contributed by atoms with Gasteiger partial charge in [0.25, 0.3) is 0 Å². The van der Waals surface area contributed by atoms with Crippen LogP contribution in [-0.4, -0.2) is 6.54 Å². The van der Waals surface area contributed by atoms with Crippen LogP contribution in [0.1, 0.15) is 42.6 Å². The largest absolute Gasteiger partial charge is 0.330 e. The fourth-order valence-electron chi connectivity index (χ4n) is 1.56. The van der Waals surface area contributed by atoms with E-state index in [9.17, 15) is 4.39 Å². The highest BCUT2D eigenvalue weighted by Gasteiger charge is 2.10. The van der Waals surface area contributed by atoms with Crippen LogP contribution in [-0.2, 0) is 0 Å². The SMILES string of the molecule is Cc1ccc(C(C)F)cc1C(C)CN. The summed E-state index contributed by atoms with van der Waals surface area (Å²) in [5, 5.41) is 0. The quantitative estimate of drug-likeness (QED) is 0.788. The maximum atomic E-state index is 13.1. The van der Waals surface area contributed by atoms with Gasteiger partial charge in [-0.2, -0.15) is 0 Å². The molecule has 0 aliphatic heterocycles. The molecule has 1 nitrogen and oxygen atoms in total. The number of benzene rings is 1. The minimum atomic E-state index is -0.903. The van der Waals surface area contributed by atoms with Crippen LogP contribution in [0.2, 0.25) is 0 Å². The summed E-state index contributed by atoms with van der Waals surface area (Å²) in [7, 11) is 0.